The number of carbonyl (C=O) groups is 2. The van der Waals surface area contributed by atoms with Crippen LogP contribution in [0.1, 0.15) is 12.0 Å². The Hall–Kier alpha value is -2.73. The molecule has 0 aromatic heterocycles. The molecule has 1 saturated heterocycles. The topological polar surface area (TPSA) is 67.9 Å². The lowest BCUT2D eigenvalue weighted by Crippen LogP contribution is -2.25. The van der Waals surface area contributed by atoms with E-state index in [4.69, 9.17) is 21.1 Å². The molecular weight excluding hydrogens is 356 g/mol. The first kappa shape index (κ1) is 18.1. The second-order valence-electron chi connectivity index (χ2n) is 5.77. The standard InChI is InChI=1S/C19H19ClN2O4/c20-15-4-6-17(7-5-15)25-10-8-18(23)21-13-14-2-1-3-16(12-14)22-9-11-26-19(22)24/h1-7,12H,8-11,13H2,(H,21,23). The quantitative estimate of drug-likeness (QED) is 0.806. The van der Waals surface area contributed by atoms with E-state index in [1.165, 1.54) is 0 Å². The number of cyclic esters (lactones) is 1. The molecule has 0 saturated carbocycles. The van der Waals surface area contributed by atoms with E-state index in [1.54, 1.807) is 29.2 Å². The van der Waals surface area contributed by atoms with Crippen molar-refractivity contribution in [3.05, 3.63) is 59.1 Å². The lowest BCUT2D eigenvalue weighted by molar-refractivity contribution is -0.121. The maximum Gasteiger partial charge on any atom is 0.414 e. The van der Waals surface area contributed by atoms with Crippen molar-refractivity contribution in [2.75, 3.05) is 24.7 Å². The van der Waals surface area contributed by atoms with Gasteiger partial charge in [-0.2, -0.15) is 0 Å². The molecule has 26 heavy (non-hydrogen) atoms. The van der Waals surface area contributed by atoms with Crippen molar-refractivity contribution < 1.29 is 19.1 Å². The molecule has 0 radical (unpaired) electrons. The van der Waals surface area contributed by atoms with Crippen LogP contribution in [0, 0.1) is 0 Å². The van der Waals surface area contributed by atoms with Gasteiger partial charge in [0.25, 0.3) is 0 Å². The van der Waals surface area contributed by atoms with Gasteiger partial charge in [0, 0.05) is 17.3 Å². The highest BCUT2D eigenvalue weighted by molar-refractivity contribution is 6.30. The maximum absolute atomic E-state index is 12.0. The van der Waals surface area contributed by atoms with Crippen molar-refractivity contribution in [2.45, 2.75) is 13.0 Å². The number of benzene rings is 2. The van der Waals surface area contributed by atoms with Gasteiger partial charge in [-0.3, -0.25) is 9.69 Å². The average Bonchev–Trinajstić information content (AvgIpc) is 3.08. The second-order valence-corrected chi connectivity index (χ2v) is 6.20. The number of nitrogens with one attached hydrogen (secondary N) is 1. The first-order valence-electron chi connectivity index (χ1n) is 8.30. The van der Waals surface area contributed by atoms with Crippen molar-refractivity contribution in [1.29, 1.82) is 0 Å². The summed E-state index contributed by atoms with van der Waals surface area (Å²) < 4.78 is 10.4. The molecule has 2 amide bonds. The molecule has 0 unspecified atom stereocenters. The largest absolute Gasteiger partial charge is 0.493 e. The van der Waals surface area contributed by atoms with Crippen molar-refractivity contribution in [3.63, 3.8) is 0 Å². The summed E-state index contributed by atoms with van der Waals surface area (Å²) >= 11 is 5.81. The zero-order valence-corrected chi connectivity index (χ0v) is 14.9. The molecular formula is C19H19ClN2O4. The third-order valence-corrected chi connectivity index (χ3v) is 4.14. The Labute approximate surface area is 156 Å². The summed E-state index contributed by atoms with van der Waals surface area (Å²) in [6.45, 7) is 1.60. The molecule has 0 bridgehead atoms. The lowest BCUT2D eigenvalue weighted by Gasteiger charge is -2.14. The molecule has 3 rings (SSSR count). The molecule has 136 valence electrons. The monoisotopic (exact) mass is 374 g/mol. The number of nitrogens with zero attached hydrogens (tertiary/aromatic N) is 1. The minimum atomic E-state index is -0.342. The highest BCUT2D eigenvalue weighted by Gasteiger charge is 2.23. The Kier molecular flexibility index (Phi) is 5.96. The van der Waals surface area contributed by atoms with E-state index in [0.717, 1.165) is 11.3 Å². The van der Waals surface area contributed by atoms with E-state index in [2.05, 4.69) is 5.32 Å². The molecule has 1 heterocycles. The van der Waals surface area contributed by atoms with Gasteiger partial charge in [0.05, 0.1) is 19.6 Å². The molecule has 1 N–H and O–H groups in total. The lowest BCUT2D eigenvalue weighted by atomic mass is 10.2. The Morgan fingerprint density at radius 1 is 1.23 bits per heavy atom. The van der Waals surface area contributed by atoms with Crippen molar-refractivity contribution >= 4 is 29.3 Å². The van der Waals surface area contributed by atoms with E-state index in [0.29, 0.717) is 30.5 Å². The van der Waals surface area contributed by atoms with Gasteiger partial charge in [0.2, 0.25) is 5.91 Å². The van der Waals surface area contributed by atoms with Crippen LogP contribution in [0.5, 0.6) is 5.75 Å². The molecule has 0 atom stereocenters. The van der Waals surface area contributed by atoms with Gasteiger partial charge in [0.1, 0.15) is 12.4 Å². The number of hydrogen-bond acceptors (Lipinski definition) is 4. The fraction of sp³-hybridized carbons (Fsp3) is 0.263. The third-order valence-electron chi connectivity index (χ3n) is 3.88. The van der Waals surface area contributed by atoms with Gasteiger partial charge in [-0.1, -0.05) is 23.7 Å². The molecule has 7 heteroatoms. The Morgan fingerprint density at radius 2 is 2.04 bits per heavy atom. The van der Waals surface area contributed by atoms with Crippen LogP contribution in [0.15, 0.2) is 48.5 Å². The van der Waals surface area contributed by atoms with Gasteiger partial charge >= 0.3 is 6.09 Å². The Bertz CT molecular complexity index is 779. The van der Waals surface area contributed by atoms with Crippen LogP contribution in [-0.4, -0.2) is 31.8 Å². The Balaban J connectivity index is 1.44. The van der Waals surface area contributed by atoms with Crippen molar-refractivity contribution in [1.82, 2.24) is 5.32 Å². The van der Waals surface area contributed by atoms with Crippen molar-refractivity contribution in [3.8, 4) is 5.75 Å². The van der Waals surface area contributed by atoms with Crippen LogP contribution in [0.25, 0.3) is 0 Å². The number of carbonyl (C=O) groups excluding carboxylic acids is 2. The highest BCUT2D eigenvalue weighted by Crippen LogP contribution is 2.20. The molecule has 6 nitrogen and oxygen atoms in total. The summed E-state index contributed by atoms with van der Waals surface area (Å²) in [5.74, 6) is 0.567. The zero-order valence-electron chi connectivity index (χ0n) is 14.1. The minimum absolute atomic E-state index is 0.107. The van der Waals surface area contributed by atoms with E-state index in [1.807, 2.05) is 24.3 Å². The number of hydrogen-bond donors (Lipinski definition) is 1. The van der Waals surface area contributed by atoms with Gasteiger partial charge in [-0.25, -0.2) is 4.79 Å². The van der Waals surface area contributed by atoms with Crippen LogP contribution in [-0.2, 0) is 16.1 Å². The number of ether oxygens (including phenoxy) is 2. The number of amides is 2. The fourth-order valence-corrected chi connectivity index (χ4v) is 2.67. The summed E-state index contributed by atoms with van der Waals surface area (Å²) in [6.07, 6.45) is -0.0913. The van der Waals surface area contributed by atoms with Crippen LogP contribution in [0.3, 0.4) is 0 Å². The predicted octanol–water partition coefficient (Wildman–Crippen LogP) is 3.38. The SMILES string of the molecule is O=C(CCOc1ccc(Cl)cc1)NCc1cccc(N2CCOC2=O)c1. The highest BCUT2D eigenvalue weighted by atomic mass is 35.5. The predicted molar refractivity (Wildman–Crippen MR) is 98.5 cm³/mol. The van der Waals surface area contributed by atoms with Gasteiger partial charge in [0.15, 0.2) is 0 Å². The van der Waals surface area contributed by atoms with Crippen LogP contribution in [0.4, 0.5) is 10.5 Å². The summed E-state index contributed by atoms with van der Waals surface area (Å²) in [5, 5.41) is 3.49. The first-order chi connectivity index (χ1) is 12.6. The average molecular weight is 375 g/mol. The molecule has 1 fully saturated rings. The van der Waals surface area contributed by atoms with E-state index >= 15 is 0 Å². The van der Waals surface area contributed by atoms with E-state index < -0.39 is 0 Å². The first-order valence-corrected chi connectivity index (χ1v) is 8.68. The third kappa shape index (κ3) is 4.89. The molecule has 1 aliphatic heterocycles. The molecule has 0 spiro atoms. The van der Waals surface area contributed by atoms with Crippen LogP contribution < -0.4 is 15.0 Å². The summed E-state index contributed by atoms with van der Waals surface area (Å²) in [7, 11) is 0. The number of rotatable bonds is 7. The molecule has 2 aromatic carbocycles. The van der Waals surface area contributed by atoms with E-state index in [-0.39, 0.29) is 25.0 Å². The normalized spacial score (nSPS) is 13.4. The number of anilines is 1. The number of halogens is 1. The smallest absolute Gasteiger partial charge is 0.414 e. The summed E-state index contributed by atoms with van der Waals surface area (Å²) in [5.41, 5.74) is 1.68. The summed E-state index contributed by atoms with van der Waals surface area (Å²) in [6, 6.07) is 14.5. The zero-order chi connectivity index (χ0) is 18.4. The second kappa shape index (κ2) is 8.58. The Morgan fingerprint density at radius 3 is 2.77 bits per heavy atom. The minimum Gasteiger partial charge on any atom is -0.493 e. The fourth-order valence-electron chi connectivity index (χ4n) is 2.54. The molecule has 2 aromatic rings. The van der Waals surface area contributed by atoms with Gasteiger partial charge in [-0.15, -0.1) is 0 Å². The maximum atomic E-state index is 12.0. The van der Waals surface area contributed by atoms with Crippen LogP contribution in [0.2, 0.25) is 5.02 Å². The van der Waals surface area contributed by atoms with Crippen LogP contribution >= 0.6 is 11.6 Å². The molecule has 0 aliphatic carbocycles. The van der Waals surface area contributed by atoms with Crippen molar-refractivity contribution in [2.24, 2.45) is 0 Å². The van der Waals surface area contributed by atoms with E-state index in [9.17, 15) is 9.59 Å². The summed E-state index contributed by atoms with van der Waals surface area (Å²) in [4.78, 5) is 25.2. The van der Waals surface area contributed by atoms with Gasteiger partial charge < -0.3 is 14.8 Å². The molecule has 1 aliphatic rings. The van der Waals surface area contributed by atoms with Gasteiger partial charge in [-0.05, 0) is 42.0 Å².